The molecule has 2 heterocycles. The molecule has 0 unspecified atom stereocenters. The molecule has 4 nitrogen and oxygen atoms in total. The van der Waals surface area contributed by atoms with Crippen LogP contribution in [-0.4, -0.2) is 10.1 Å². The molecular formula is C15H12BrN3O. The van der Waals surface area contributed by atoms with Crippen molar-refractivity contribution in [1.82, 2.24) is 10.1 Å². The third-order valence-electron chi connectivity index (χ3n) is 3.10. The van der Waals surface area contributed by atoms with Crippen LogP contribution in [0, 0.1) is 6.92 Å². The SMILES string of the molecule is Cc1ncccc1-c1onc(N)c1-c1ccc(Br)cc1. The van der Waals surface area contributed by atoms with E-state index in [-0.39, 0.29) is 0 Å². The maximum atomic E-state index is 5.96. The Labute approximate surface area is 124 Å². The zero-order valence-corrected chi connectivity index (χ0v) is 12.4. The topological polar surface area (TPSA) is 64.9 Å². The lowest BCUT2D eigenvalue weighted by Gasteiger charge is -2.05. The standard InChI is InChI=1S/C15H12BrN3O/c1-9-12(3-2-8-18-9)14-13(15(17)19-20-14)10-4-6-11(16)7-5-10/h2-8H,1H3,(H2,17,19). The Morgan fingerprint density at radius 3 is 2.60 bits per heavy atom. The molecule has 1 aromatic carbocycles. The van der Waals surface area contributed by atoms with Gasteiger partial charge in [0, 0.05) is 21.9 Å². The van der Waals surface area contributed by atoms with E-state index < -0.39 is 0 Å². The minimum atomic E-state index is 0.380. The summed E-state index contributed by atoms with van der Waals surface area (Å²) in [6.45, 7) is 1.93. The molecule has 0 radical (unpaired) electrons. The summed E-state index contributed by atoms with van der Waals surface area (Å²) in [7, 11) is 0. The fourth-order valence-corrected chi connectivity index (χ4v) is 2.37. The molecule has 5 heteroatoms. The lowest BCUT2D eigenvalue weighted by molar-refractivity contribution is 0.435. The molecule has 100 valence electrons. The Hall–Kier alpha value is -2.14. The Bertz CT molecular complexity index is 750. The van der Waals surface area contributed by atoms with Gasteiger partial charge in [-0.25, -0.2) is 0 Å². The molecule has 0 saturated carbocycles. The number of nitrogen functional groups attached to an aromatic ring is 1. The number of nitrogens with zero attached hydrogens (tertiary/aromatic N) is 2. The molecule has 0 saturated heterocycles. The lowest BCUT2D eigenvalue weighted by Crippen LogP contribution is -1.90. The zero-order chi connectivity index (χ0) is 14.1. The van der Waals surface area contributed by atoms with Crippen molar-refractivity contribution in [2.24, 2.45) is 0 Å². The van der Waals surface area contributed by atoms with Crippen molar-refractivity contribution in [1.29, 1.82) is 0 Å². The Balaban J connectivity index is 2.20. The molecular weight excluding hydrogens is 318 g/mol. The van der Waals surface area contributed by atoms with Gasteiger partial charge in [0.05, 0.1) is 5.56 Å². The summed E-state index contributed by atoms with van der Waals surface area (Å²) in [6.07, 6.45) is 1.75. The highest BCUT2D eigenvalue weighted by Crippen LogP contribution is 2.37. The molecule has 0 spiro atoms. The van der Waals surface area contributed by atoms with E-state index in [4.69, 9.17) is 10.3 Å². The van der Waals surface area contributed by atoms with E-state index >= 15 is 0 Å². The van der Waals surface area contributed by atoms with Crippen molar-refractivity contribution >= 4 is 21.7 Å². The second kappa shape index (κ2) is 5.09. The Morgan fingerprint density at radius 2 is 1.90 bits per heavy atom. The number of aromatic nitrogens is 2. The summed E-state index contributed by atoms with van der Waals surface area (Å²) >= 11 is 3.42. The van der Waals surface area contributed by atoms with Crippen LogP contribution < -0.4 is 5.73 Å². The molecule has 3 aromatic rings. The van der Waals surface area contributed by atoms with Crippen LogP contribution in [0.3, 0.4) is 0 Å². The summed E-state index contributed by atoms with van der Waals surface area (Å²) < 4.78 is 6.43. The number of benzene rings is 1. The summed E-state index contributed by atoms with van der Waals surface area (Å²) in [5.41, 5.74) is 9.50. The Morgan fingerprint density at radius 1 is 1.15 bits per heavy atom. The van der Waals surface area contributed by atoms with Crippen LogP contribution in [0.4, 0.5) is 5.82 Å². The van der Waals surface area contributed by atoms with Crippen LogP contribution >= 0.6 is 15.9 Å². The van der Waals surface area contributed by atoms with Crippen LogP contribution in [0.1, 0.15) is 5.69 Å². The average molecular weight is 330 g/mol. The molecule has 3 rings (SSSR count). The first-order valence-electron chi connectivity index (χ1n) is 6.10. The van der Waals surface area contributed by atoms with Gasteiger partial charge in [-0.05, 0) is 36.8 Å². The molecule has 0 bridgehead atoms. The first-order valence-corrected chi connectivity index (χ1v) is 6.89. The molecule has 0 amide bonds. The fourth-order valence-electron chi connectivity index (χ4n) is 2.11. The summed E-state index contributed by atoms with van der Waals surface area (Å²) in [5.74, 6) is 1.03. The van der Waals surface area contributed by atoms with Gasteiger partial charge in [0.1, 0.15) is 0 Å². The van der Waals surface area contributed by atoms with Crippen LogP contribution in [-0.2, 0) is 0 Å². The molecule has 0 atom stereocenters. The normalized spacial score (nSPS) is 10.7. The predicted molar refractivity (Wildman–Crippen MR) is 82.0 cm³/mol. The predicted octanol–water partition coefficient (Wildman–Crippen LogP) is 4.06. The molecule has 2 aromatic heterocycles. The van der Waals surface area contributed by atoms with Crippen molar-refractivity contribution in [3.05, 3.63) is 52.8 Å². The second-order valence-electron chi connectivity index (χ2n) is 4.42. The first kappa shape index (κ1) is 12.9. The zero-order valence-electron chi connectivity index (χ0n) is 10.8. The number of nitrogens with two attached hydrogens (primary N) is 1. The van der Waals surface area contributed by atoms with Gasteiger partial charge in [-0.1, -0.05) is 33.2 Å². The van der Waals surface area contributed by atoms with E-state index in [1.54, 1.807) is 6.20 Å². The van der Waals surface area contributed by atoms with Crippen molar-refractivity contribution in [2.75, 3.05) is 5.73 Å². The Kier molecular flexibility index (Phi) is 3.28. The molecule has 0 fully saturated rings. The molecule has 2 N–H and O–H groups in total. The summed E-state index contributed by atoms with van der Waals surface area (Å²) in [6, 6.07) is 11.7. The highest BCUT2D eigenvalue weighted by atomic mass is 79.9. The van der Waals surface area contributed by atoms with Crippen LogP contribution in [0.2, 0.25) is 0 Å². The van der Waals surface area contributed by atoms with Crippen LogP contribution in [0.15, 0.2) is 51.6 Å². The van der Waals surface area contributed by atoms with Crippen molar-refractivity contribution in [3.63, 3.8) is 0 Å². The number of pyridine rings is 1. The van der Waals surface area contributed by atoms with E-state index in [1.165, 1.54) is 0 Å². The van der Waals surface area contributed by atoms with Gasteiger partial charge in [-0.2, -0.15) is 0 Å². The van der Waals surface area contributed by atoms with Crippen molar-refractivity contribution in [2.45, 2.75) is 6.92 Å². The third kappa shape index (κ3) is 2.20. The third-order valence-corrected chi connectivity index (χ3v) is 3.63. The van der Waals surface area contributed by atoms with Gasteiger partial charge in [0.25, 0.3) is 0 Å². The van der Waals surface area contributed by atoms with E-state index in [1.807, 2.05) is 43.3 Å². The van der Waals surface area contributed by atoms with E-state index in [0.717, 1.165) is 26.9 Å². The van der Waals surface area contributed by atoms with Crippen LogP contribution in [0.5, 0.6) is 0 Å². The highest BCUT2D eigenvalue weighted by molar-refractivity contribution is 9.10. The number of hydrogen-bond acceptors (Lipinski definition) is 4. The minimum Gasteiger partial charge on any atom is -0.380 e. The van der Waals surface area contributed by atoms with Gasteiger partial charge in [0.2, 0.25) is 0 Å². The van der Waals surface area contributed by atoms with Gasteiger partial charge in [-0.15, -0.1) is 0 Å². The van der Waals surface area contributed by atoms with Crippen molar-refractivity contribution in [3.8, 4) is 22.5 Å². The summed E-state index contributed by atoms with van der Waals surface area (Å²) in [4.78, 5) is 4.28. The largest absolute Gasteiger partial charge is 0.380 e. The number of anilines is 1. The van der Waals surface area contributed by atoms with Gasteiger partial charge >= 0.3 is 0 Å². The monoisotopic (exact) mass is 329 g/mol. The number of halogens is 1. The molecule has 20 heavy (non-hydrogen) atoms. The second-order valence-corrected chi connectivity index (χ2v) is 5.33. The van der Waals surface area contributed by atoms with E-state index in [2.05, 4.69) is 26.1 Å². The number of aryl methyl sites for hydroxylation is 1. The lowest BCUT2D eigenvalue weighted by atomic mass is 10.0. The number of hydrogen-bond donors (Lipinski definition) is 1. The summed E-state index contributed by atoms with van der Waals surface area (Å²) in [5, 5.41) is 3.90. The van der Waals surface area contributed by atoms with Crippen LogP contribution in [0.25, 0.3) is 22.5 Å². The quantitative estimate of drug-likeness (QED) is 0.770. The average Bonchev–Trinajstić information content (AvgIpc) is 2.82. The molecule has 0 aliphatic rings. The van der Waals surface area contributed by atoms with Gasteiger partial charge in [-0.3, -0.25) is 4.98 Å². The number of rotatable bonds is 2. The first-order chi connectivity index (χ1) is 9.66. The molecule has 0 aliphatic heterocycles. The van der Waals surface area contributed by atoms with Gasteiger partial charge in [0.15, 0.2) is 11.6 Å². The minimum absolute atomic E-state index is 0.380. The van der Waals surface area contributed by atoms with Crippen molar-refractivity contribution < 1.29 is 4.52 Å². The maximum Gasteiger partial charge on any atom is 0.178 e. The molecule has 0 aliphatic carbocycles. The fraction of sp³-hybridized carbons (Fsp3) is 0.0667. The smallest absolute Gasteiger partial charge is 0.178 e. The maximum absolute atomic E-state index is 5.96. The van der Waals surface area contributed by atoms with Gasteiger partial charge < -0.3 is 10.3 Å². The van der Waals surface area contributed by atoms with E-state index in [9.17, 15) is 0 Å². The highest BCUT2D eigenvalue weighted by Gasteiger charge is 2.19. The van der Waals surface area contributed by atoms with E-state index in [0.29, 0.717) is 11.6 Å².